The summed E-state index contributed by atoms with van der Waals surface area (Å²) in [5.74, 6) is 0.380. The Morgan fingerprint density at radius 3 is 2.04 bits per heavy atom. The molecule has 314 valence electrons. The molecule has 0 saturated carbocycles. The maximum absolute atomic E-state index is 12.8. The molecule has 12 nitrogen and oxygen atoms in total. The standard InChI is InChI=1S/C44H67N7O5S/c1-50(38-22-10-7-11-23-38)32-19-5-4-15-28-46-30-18-13-25-42(53)55-35-43-56-41(36-57-43)51-33-26-39(49-44(51)54)48-40(52)24-12-17-29-45-27-14-2-3-16-31-47-34-37-20-8-6-9-21-37/h6-11,20-23,26,33,41,43,45-47H,2-5,12-19,24-25,27-32,34-36H2,1H3,(H,48,49,52,54). The van der Waals surface area contributed by atoms with Crippen LogP contribution in [0.4, 0.5) is 11.5 Å². The van der Waals surface area contributed by atoms with E-state index in [0.717, 1.165) is 84.3 Å². The van der Waals surface area contributed by atoms with Crippen LogP contribution in [0.5, 0.6) is 0 Å². The molecule has 0 bridgehead atoms. The molecule has 2 unspecified atom stereocenters. The molecule has 2 aromatic carbocycles. The van der Waals surface area contributed by atoms with Gasteiger partial charge >= 0.3 is 11.7 Å². The van der Waals surface area contributed by atoms with Gasteiger partial charge in [0.05, 0.1) is 0 Å². The van der Waals surface area contributed by atoms with Crippen molar-refractivity contribution in [1.82, 2.24) is 25.5 Å². The lowest BCUT2D eigenvalue weighted by Crippen LogP contribution is -2.29. The molecule has 2 heterocycles. The van der Waals surface area contributed by atoms with Gasteiger partial charge in [0, 0.05) is 50.6 Å². The van der Waals surface area contributed by atoms with E-state index in [2.05, 4.69) is 86.7 Å². The Hall–Kier alpha value is -3.75. The molecule has 57 heavy (non-hydrogen) atoms. The third kappa shape index (κ3) is 20.0. The van der Waals surface area contributed by atoms with E-state index in [-0.39, 0.29) is 29.7 Å². The summed E-state index contributed by atoms with van der Waals surface area (Å²) in [6, 6.07) is 22.6. The smallest absolute Gasteiger partial charge is 0.351 e. The molecule has 4 rings (SSSR count). The highest BCUT2D eigenvalue weighted by atomic mass is 32.2. The number of hydrogen-bond acceptors (Lipinski definition) is 11. The summed E-state index contributed by atoms with van der Waals surface area (Å²) >= 11 is 1.50. The summed E-state index contributed by atoms with van der Waals surface area (Å²) in [7, 11) is 2.15. The van der Waals surface area contributed by atoms with E-state index in [9.17, 15) is 14.4 Å². The first-order chi connectivity index (χ1) is 28.0. The minimum Gasteiger partial charge on any atom is -0.462 e. The molecule has 1 aliphatic rings. The number of rotatable bonds is 31. The highest BCUT2D eigenvalue weighted by Gasteiger charge is 2.29. The van der Waals surface area contributed by atoms with Gasteiger partial charge in [-0.3, -0.25) is 14.2 Å². The van der Waals surface area contributed by atoms with E-state index in [4.69, 9.17) is 9.47 Å². The van der Waals surface area contributed by atoms with E-state index in [1.54, 1.807) is 12.3 Å². The first kappa shape index (κ1) is 45.9. The molecular formula is C44H67N7O5S. The molecule has 0 spiro atoms. The second-order valence-electron chi connectivity index (χ2n) is 14.7. The summed E-state index contributed by atoms with van der Waals surface area (Å²) in [6.45, 7) is 6.95. The van der Waals surface area contributed by atoms with Crippen LogP contribution in [0.25, 0.3) is 0 Å². The first-order valence-corrected chi connectivity index (χ1v) is 22.3. The first-order valence-electron chi connectivity index (χ1n) is 21.2. The van der Waals surface area contributed by atoms with E-state index in [1.807, 2.05) is 12.1 Å². The number of thioether (sulfide) groups is 1. The minimum absolute atomic E-state index is 0.138. The Morgan fingerprint density at radius 1 is 0.772 bits per heavy atom. The number of para-hydroxylation sites is 1. The minimum atomic E-state index is -0.514. The van der Waals surface area contributed by atoms with Crippen LogP contribution < -0.4 is 31.9 Å². The van der Waals surface area contributed by atoms with Crippen molar-refractivity contribution in [2.24, 2.45) is 0 Å². The van der Waals surface area contributed by atoms with Crippen molar-refractivity contribution in [2.75, 3.05) is 68.9 Å². The molecule has 1 fully saturated rings. The molecule has 3 aromatic rings. The quantitative estimate of drug-likeness (QED) is 0.0400. The van der Waals surface area contributed by atoms with Crippen LogP contribution in [-0.2, 0) is 25.6 Å². The summed E-state index contributed by atoms with van der Waals surface area (Å²) in [5.41, 5.74) is 1.74. The zero-order valence-electron chi connectivity index (χ0n) is 34.1. The SMILES string of the molecule is CN(CCCCCCNCCCCC(=O)OCC1OC(n2ccc(NC(=O)CCCCNCCCCCCNCc3ccccc3)nc2=O)CS1)c1ccccc1. The third-order valence-electron chi connectivity index (χ3n) is 9.94. The van der Waals surface area contributed by atoms with Crippen LogP contribution in [0, 0.1) is 0 Å². The molecule has 13 heteroatoms. The number of anilines is 2. The van der Waals surface area contributed by atoms with Gasteiger partial charge in [0.15, 0.2) is 0 Å². The Bertz CT molecular complexity index is 1580. The van der Waals surface area contributed by atoms with E-state index < -0.39 is 11.9 Å². The van der Waals surface area contributed by atoms with Crippen LogP contribution in [0.15, 0.2) is 77.7 Å². The van der Waals surface area contributed by atoms with Gasteiger partial charge in [-0.25, -0.2) is 4.79 Å². The predicted molar refractivity (Wildman–Crippen MR) is 233 cm³/mol. The summed E-state index contributed by atoms with van der Waals surface area (Å²) in [5, 5.41) is 13.2. The lowest BCUT2D eigenvalue weighted by molar-refractivity contribution is -0.147. The van der Waals surface area contributed by atoms with E-state index in [1.165, 1.54) is 66.1 Å². The van der Waals surface area contributed by atoms with Gasteiger partial charge in [0.2, 0.25) is 5.91 Å². The monoisotopic (exact) mass is 805 g/mol. The van der Waals surface area contributed by atoms with E-state index >= 15 is 0 Å². The highest BCUT2D eigenvalue weighted by molar-refractivity contribution is 8.00. The molecule has 0 radical (unpaired) electrons. The lowest BCUT2D eigenvalue weighted by atomic mass is 10.2. The van der Waals surface area contributed by atoms with Crippen molar-refractivity contribution in [3.63, 3.8) is 0 Å². The molecular weight excluding hydrogens is 739 g/mol. The van der Waals surface area contributed by atoms with Crippen molar-refractivity contribution >= 4 is 35.1 Å². The van der Waals surface area contributed by atoms with Crippen LogP contribution in [-0.4, -0.2) is 85.5 Å². The largest absolute Gasteiger partial charge is 0.462 e. The predicted octanol–water partition coefficient (Wildman–Crippen LogP) is 6.88. The molecule has 0 aliphatic carbocycles. The fraction of sp³-hybridized carbons (Fsp3) is 0.591. The van der Waals surface area contributed by atoms with Gasteiger partial charge in [0.25, 0.3) is 0 Å². The normalized spacial score (nSPS) is 15.1. The maximum Gasteiger partial charge on any atom is 0.351 e. The van der Waals surface area contributed by atoms with Crippen LogP contribution in [0.1, 0.15) is 102 Å². The van der Waals surface area contributed by atoms with E-state index in [0.29, 0.717) is 18.6 Å². The average molecular weight is 806 g/mol. The van der Waals surface area contributed by atoms with Gasteiger partial charge in [-0.2, -0.15) is 4.98 Å². The Morgan fingerprint density at radius 2 is 1.37 bits per heavy atom. The zero-order valence-corrected chi connectivity index (χ0v) is 35.0. The number of carbonyl (C=O) groups excluding carboxylic acids is 2. The fourth-order valence-electron chi connectivity index (χ4n) is 6.57. The van der Waals surface area contributed by atoms with Gasteiger partial charge in [-0.05, 0) is 108 Å². The summed E-state index contributed by atoms with van der Waals surface area (Å²) in [4.78, 5) is 43.9. The van der Waals surface area contributed by atoms with Gasteiger partial charge < -0.3 is 35.6 Å². The number of benzene rings is 2. The fourth-order valence-corrected chi connectivity index (χ4v) is 7.56. The number of nitrogens with one attached hydrogen (secondary N) is 4. The molecule has 1 aliphatic heterocycles. The average Bonchev–Trinajstić information content (AvgIpc) is 3.70. The van der Waals surface area contributed by atoms with Gasteiger partial charge in [-0.1, -0.05) is 74.2 Å². The van der Waals surface area contributed by atoms with Crippen molar-refractivity contribution in [1.29, 1.82) is 0 Å². The van der Waals surface area contributed by atoms with Gasteiger partial charge in [-0.15, -0.1) is 11.8 Å². The van der Waals surface area contributed by atoms with Gasteiger partial charge in [0.1, 0.15) is 24.1 Å². The molecule has 4 N–H and O–H groups in total. The van der Waals surface area contributed by atoms with Crippen molar-refractivity contribution in [3.05, 3.63) is 89.0 Å². The Balaban J connectivity index is 0.930. The highest BCUT2D eigenvalue weighted by Crippen LogP contribution is 2.31. The third-order valence-corrected chi connectivity index (χ3v) is 11.0. The molecule has 2 atom stereocenters. The molecule has 1 aromatic heterocycles. The number of amides is 1. The second-order valence-corrected chi connectivity index (χ2v) is 15.9. The number of ether oxygens (including phenoxy) is 2. The van der Waals surface area contributed by atoms with Crippen molar-refractivity contribution in [3.8, 4) is 0 Å². The number of esters is 1. The maximum atomic E-state index is 12.8. The Kier molecular flexibility index (Phi) is 23.1. The van der Waals surface area contributed by atoms with Crippen molar-refractivity contribution in [2.45, 2.75) is 108 Å². The summed E-state index contributed by atoms with van der Waals surface area (Å²) < 4.78 is 12.9. The zero-order chi connectivity index (χ0) is 40.2. The number of hydrogen-bond donors (Lipinski definition) is 4. The number of aromatic nitrogens is 2. The van der Waals surface area contributed by atoms with Crippen LogP contribution in [0.2, 0.25) is 0 Å². The summed E-state index contributed by atoms with van der Waals surface area (Å²) in [6.07, 6.45) is 14.8. The number of nitrogens with zero attached hydrogens (tertiary/aromatic N) is 3. The lowest BCUT2D eigenvalue weighted by Gasteiger charge is -2.18. The van der Waals surface area contributed by atoms with Crippen LogP contribution in [0.3, 0.4) is 0 Å². The van der Waals surface area contributed by atoms with Crippen molar-refractivity contribution < 1.29 is 19.1 Å². The molecule has 1 saturated heterocycles. The molecule has 1 amide bonds. The second kappa shape index (κ2) is 28.6. The number of unbranched alkanes of at least 4 members (excludes halogenated alkanes) is 8. The topological polar surface area (TPSA) is 139 Å². The number of carbonyl (C=O) groups is 2. The Labute approximate surface area is 344 Å². The van der Waals surface area contributed by atoms with Crippen LogP contribution >= 0.6 is 11.8 Å².